The quantitative estimate of drug-likeness (QED) is 0.298. The highest BCUT2D eigenvalue weighted by Gasteiger charge is 2.24. The molecule has 1 aliphatic rings. The van der Waals surface area contributed by atoms with Crippen molar-refractivity contribution in [1.29, 1.82) is 0 Å². The molecule has 2 amide bonds. The van der Waals surface area contributed by atoms with Gasteiger partial charge in [-0.3, -0.25) is 14.4 Å². The van der Waals surface area contributed by atoms with Crippen LogP contribution in [0.25, 0.3) is 0 Å². The van der Waals surface area contributed by atoms with Gasteiger partial charge in [0.15, 0.2) is 5.78 Å². The molecule has 3 atom stereocenters. The highest BCUT2D eigenvalue weighted by molar-refractivity contribution is 7.99. The zero-order valence-electron chi connectivity index (χ0n) is 20.5. The lowest BCUT2D eigenvalue weighted by molar-refractivity contribution is -0.131. The third kappa shape index (κ3) is 8.44. The summed E-state index contributed by atoms with van der Waals surface area (Å²) in [4.78, 5) is 39.2. The number of hydrogen-bond donors (Lipinski definition) is 4. The van der Waals surface area contributed by atoms with Crippen LogP contribution in [0.2, 0.25) is 0 Å². The molecular weight excluding hydrogens is 476 g/mol. The lowest BCUT2D eigenvalue weighted by Gasteiger charge is -2.19. The third-order valence-electron chi connectivity index (χ3n) is 6.23. The van der Waals surface area contributed by atoms with E-state index in [9.17, 15) is 19.5 Å². The molecule has 194 valence electrons. The molecule has 1 fully saturated rings. The first-order chi connectivity index (χ1) is 17.3. The van der Waals surface area contributed by atoms with Crippen LogP contribution in [-0.2, 0) is 22.4 Å². The Kier molecular flexibility index (Phi) is 10.9. The summed E-state index contributed by atoms with van der Waals surface area (Å²) < 4.78 is 0. The van der Waals surface area contributed by atoms with Gasteiger partial charge < -0.3 is 26.8 Å². The summed E-state index contributed by atoms with van der Waals surface area (Å²) in [6.45, 7) is 1.23. The molecule has 9 heteroatoms. The van der Waals surface area contributed by atoms with Gasteiger partial charge in [-0.15, -0.1) is 11.8 Å². The van der Waals surface area contributed by atoms with E-state index in [-0.39, 0.29) is 24.0 Å². The zero-order valence-corrected chi connectivity index (χ0v) is 21.3. The smallest absolute Gasteiger partial charge is 0.251 e. The lowest BCUT2D eigenvalue weighted by atomic mass is 9.95. The molecule has 6 N–H and O–H groups in total. The molecule has 0 bridgehead atoms. The van der Waals surface area contributed by atoms with Crippen molar-refractivity contribution in [3.8, 4) is 0 Å². The average Bonchev–Trinajstić information content (AvgIpc) is 3.43. The molecule has 1 aliphatic heterocycles. The van der Waals surface area contributed by atoms with E-state index in [0.717, 1.165) is 24.3 Å². The molecule has 1 heterocycles. The van der Waals surface area contributed by atoms with Gasteiger partial charge in [0.2, 0.25) is 5.91 Å². The lowest BCUT2D eigenvalue weighted by Crippen LogP contribution is -2.42. The van der Waals surface area contributed by atoms with Gasteiger partial charge in [0, 0.05) is 36.9 Å². The van der Waals surface area contributed by atoms with Crippen molar-refractivity contribution < 1.29 is 19.5 Å². The van der Waals surface area contributed by atoms with Crippen LogP contribution in [0.1, 0.15) is 40.7 Å². The molecule has 2 aromatic carbocycles. The summed E-state index contributed by atoms with van der Waals surface area (Å²) in [5.74, 6) is 1.06. The van der Waals surface area contributed by atoms with Gasteiger partial charge in [0.1, 0.15) is 6.10 Å². The molecule has 1 saturated heterocycles. The Balaban J connectivity index is 1.40. The summed E-state index contributed by atoms with van der Waals surface area (Å²) in [6.07, 6.45) is 1.14. The number of nitrogens with zero attached hydrogens (tertiary/aromatic N) is 1. The fourth-order valence-electron chi connectivity index (χ4n) is 4.10. The maximum absolute atomic E-state index is 12.6. The number of carbonyl (C=O) groups is 3. The number of aliphatic hydroxyl groups excluding tert-OH is 1. The molecule has 0 radical (unpaired) electrons. The van der Waals surface area contributed by atoms with Crippen LogP contribution >= 0.6 is 11.8 Å². The molecule has 3 rings (SSSR count). The van der Waals surface area contributed by atoms with Crippen LogP contribution in [-0.4, -0.2) is 70.5 Å². The summed E-state index contributed by atoms with van der Waals surface area (Å²) >= 11 is 1.73. The Morgan fingerprint density at radius 2 is 1.78 bits per heavy atom. The molecular formula is C27H36N4O4S. The van der Waals surface area contributed by atoms with E-state index in [2.05, 4.69) is 5.32 Å². The Labute approximate surface area is 216 Å². The van der Waals surface area contributed by atoms with Gasteiger partial charge >= 0.3 is 0 Å². The Bertz CT molecular complexity index is 1010. The number of amides is 2. The second-order valence-electron chi connectivity index (χ2n) is 9.14. The van der Waals surface area contributed by atoms with Crippen LogP contribution in [0.5, 0.6) is 0 Å². The predicted octanol–water partition coefficient (Wildman–Crippen LogP) is 1.49. The van der Waals surface area contributed by atoms with Gasteiger partial charge in [-0.2, -0.15) is 0 Å². The number of thioether (sulfide) groups is 1. The van der Waals surface area contributed by atoms with Gasteiger partial charge in [-0.25, -0.2) is 0 Å². The van der Waals surface area contributed by atoms with Gasteiger partial charge in [-0.05, 0) is 48.9 Å². The Morgan fingerprint density at radius 3 is 2.50 bits per heavy atom. The van der Waals surface area contributed by atoms with E-state index in [1.54, 1.807) is 40.9 Å². The minimum atomic E-state index is -1.29. The monoisotopic (exact) mass is 512 g/mol. The van der Waals surface area contributed by atoms with E-state index in [1.165, 1.54) is 0 Å². The highest BCUT2D eigenvalue weighted by Crippen LogP contribution is 2.15. The predicted molar refractivity (Wildman–Crippen MR) is 142 cm³/mol. The summed E-state index contributed by atoms with van der Waals surface area (Å²) in [6, 6.07) is 15.1. The number of nitrogens with one attached hydrogen (secondary N) is 1. The number of aliphatic hydroxyl groups is 1. The van der Waals surface area contributed by atoms with Crippen LogP contribution in [0.3, 0.4) is 0 Å². The first-order valence-corrected chi connectivity index (χ1v) is 13.5. The van der Waals surface area contributed by atoms with Crippen LogP contribution in [0.4, 0.5) is 0 Å². The standard InChI is InChI=1S/C27H36N4O4S/c28-22(27(35)31-13-14-36-18-31)11-4-5-12-30-26(34)21-10-6-9-20(15-21)17-24(32)25(33)23(29)16-19-7-2-1-3-8-19/h1-3,6-10,15,22-23,25,33H,4-5,11-14,16-18,28-29H2,(H,30,34). The van der Waals surface area contributed by atoms with Crippen molar-refractivity contribution in [3.05, 3.63) is 71.3 Å². The number of Topliss-reactive ketones (excluding diaryl/α,β-unsaturated/α-hetero) is 1. The Hall–Kier alpha value is -2.72. The number of ketones is 1. The second kappa shape index (κ2) is 14.1. The molecule has 36 heavy (non-hydrogen) atoms. The van der Waals surface area contributed by atoms with Crippen molar-refractivity contribution in [2.24, 2.45) is 11.5 Å². The van der Waals surface area contributed by atoms with Crippen molar-refractivity contribution in [1.82, 2.24) is 10.2 Å². The second-order valence-corrected chi connectivity index (χ2v) is 10.2. The van der Waals surface area contributed by atoms with Crippen molar-refractivity contribution in [3.63, 3.8) is 0 Å². The normalized spacial score (nSPS) is 15.8. The maximum Gasteiger partial charge on any atom is 0.251 e. The Morgan fingerprint density at radius 1 is 1.03 bits per heavy atom. The topological polar surface area (TPSA) is 139 Å². The van der Waals surface area contributed by atoms with Crippen LogP contribution in [0, 0.1) is 0 Å². The van der Waals surface area contributed by atoms with E-state index in [1.807, 2.05) is 30.3 Å². The number of rotatable bonds is 13. The number of nitrogens with two attached hydrogens (primary N) is 2. The number of hydrogen-bond acceptors (Lipinski definition) is 7. The van der Waals surface area contributed by atoms with E-state index in [0.29, 0.717) is 42.8 Å². The summed E-state index contributed by atoms with van der Waals surface area (Å²) in [5.41, 5.74) is 14.1. The van der Waals surface area contributed by atoms with Crippen LogP contribution in [0.15, 0.2) is 54.6 Å². The zero-order chi connectivity index (χ0) is 25.9. The van der Waals surface area contributed by atoms with E-state index < -0.39 is 18.2 Å². The average molecular weight is 513 g/mol. The molecule has 0 aromatic heterocycles. The molecule has 3 unspecified atom stereocenters. The first-order valence-electron chi connectivity index (χ1n) is 12.3. The largest absolute Gasteiger partial charge is 0.384 e. The highest BCUT2D eigenvalue weighted by atomic mass is 32.2. The van der Waals surface area contributed by atoms with Crippen molar-refractivity contribution >= 4 is 29.4 Å². The van der Waals surface area contributed by atoms with Gasteiger partial charge in [-0.1, -0.05) is 42.5 Å². The summed E-state index contributed by atoms with van der Waals surface area (Å²) in [5, 5.41) is 13.3. The molecule has 8 nitrogen and oxygen atoms in total. The third-order valence-corrected chi connectivity index (χ3v) is 7.19. The number of benzene rings is 2. The fraction of sp³-hybridized carbons (Fsp3) is 0.444. The molecule has 0 saturated carbocycles. The van der Waals surface area contributed by atoms with Gasteiger partial charge in [0.05, 0.1) is 11.9 Å². The molecule has 2 aromatic rings. The van der Waals surface area contributed by atoms with Gasteiger partial charge in [0.25, 0.3) is 5.91 Å². The van der Waals surface area contributed by atoms with E-state index >= 15 is 0 Å². The minimum absolute atomic E-state index is 0.00142. The fourth-order valence-corrected chi connectivity index (χ4v) is 5.06. The number of unbranched alkanes of at least 4 members (excludes halogenated alkanes) is 1. The first kappa shape index (κ1) is 27.9. The molecule has 0 aliphatic carbocycles. The summed E-state index contributed by atoms with van der Waals surface area (Å²) in [7, 11) is 0. The van der Waals surface area contributed by atoms with Crippen molar-refractivity contribution in [2.75, 3.05) is 24.7 Å². The van der Waals surface area contributed by atoms with Crippen LogP contribution < -0.4 is 16.8 Å². The minimum Gasteiger partial charge on any atom is -0.384 e. The molecule has 0 spiro atoms. The SMILES string of the molecule is NC(CCCCNC(=O)c1cccc(CC(=O)C(O)C(N)Cc2ccccc2)c1)C(=O)N1CCSC1. The maximum atomic E-state index is 12.6. The number of carbonyl (C=O) groups excluding carboxylic acids is 3. The van der Waals surface area contributed by atoms with E-state index in [4.69, 9.17) is 11.5 Å². The van der Waals surface area contributed by atoms with Crippen molar-refractivity contribution in [2.45, 2.75) is 50.3 Å².